The molecule has 2 N–H and O–H groups in total. The fourth-order valence-electron chi connectivity index (χ4n) is 1.04. The van der Waals surface area contributed by atoms with Gasteiger partial charge in [0.05, 0.1) is 11.3 Å². The lowest BCUT2D eigenvalue weighted by Gasteiger charge is -2.10. The zero-order valence-corrected chi connectivity index (χ0v) is 11.3. The van der Waals surface area contributed by atoms with E-state index < -0.39 is 12.1 Å². The number of hydrogen-bond donors (Lipinski definition) is 2. The van der Waals surface area contributed by atoms with Crippen LogP contribution in [0, 0.1) is 0 Å². The molecule has 18 heavy (non-hydrogen) atoms. The van der Waals surface area contributed by atoms with Gasteiger partial charge in [-0.15, -0.1) is 0 Å². The standard InChI is InChI=1S/C10H8BrClN2O4/c1-2-3-18-10(17)14-7-5(9(15)16)4-6(12)13-8(7)11/h2,4H,1,3H2,(H,14,17)(H,15,16). The molecule has 1 aromatic rings. The van der Waals surface area contributed by atoms with E-state index >= 15 is 0 Å². The second-order valence-electron chi connectivity index (χ2n) is 2.98. The Morgan fingerprint density at radius 1 is 1.67 bits per heavy atom. The number of carboxylic acids is 1. The predicted molar refractivity (Wildman–Crippen MR) is 69.1 cm³/mol. The van der Waals surface area contributed by atoms with Crippen LogP contribution in [0.5, 0.6) is 0 Å². The predicted octanol–water partition coefficient (Wildman–Crippen LogP) is 2.93. The van der Waals surface area contributed by atoms with Crippen LogP contribution in [0.1, 0.15) is 10.4 Å². The Kier molecular flexibility index (Phi) is 5.11. The van der Waals surface area contributed by atoms with Gasteiger partial charge in [-0.25, -0.2) is 14.6 Å². The molecule has 0 atom stereocenters. The molecule has 0 aromatic carbocycles. The molecule has 6 nitrogen and oxygen atoms in total. The summed E-state index contributed by atoms with van der Waals surface area (Å²) in [4.78, 5) is 26.1. The van der Waals surface area contributed by atoms with Crippen LogP contribution in [0.4, 0.5) is 10.5 Å². The minimum Gasteiger partial charge on any atom is -0.478 e. The summed E-state index contributed by atoms with van der Waals surface area (Å²) in [5, 5.41) is 11.2. The fourth-order valence-corrected chi connectivity index (χ4v) is 1.84. The molecule has 0 unspecified atom stereocenters. The van der Waals surface area contributed by atoms with Gasteiger partial charge in [0.25, 0.3) is 0 Å². The lowest BCUT2D eigenvalue weighted by molar-refractivity contribution is 0.0698. The number of nitrogens with one attached hydrogen (secondary N) is 1. The van der Waals surface area contributed by atoms with Crippen LogP contribution in [-0.4, -0.2) is 28.8 Å². The molecule has 0 saturated heterocycles. The van der Waals surface area contributed by atoms with Gasteiger partial charge in [0.15, 0.2) is 0 Å². The summed E-state index contributed by atoms with van der Waals surface area (Å²) in [6, 6.07) is 1.12. The Labute approximate surface area is 116 Å². The molecule has 0 radical (unpaired) electrons. The number of halogens is 2. The van der Waals surface area contributed by atoms with Crippen LogP contribution >= 0.6 is 27.5 Å². The summed E-state index contributed by atoms with van der Waals surface area (Å²) >= 11 is 8.64. The highest BCUT2D eigenvalue weighted by Gasteiger charge is 2.18. The number of amides is 1. The summed E-state index contributed by atoms with van der Waals surface area (Å²) in [6.07, 6.45) is 0.564. The summed E-state index contributed by atoms with van der Waals surface area (Å²) in [7, 11) is 0. The first-order valence-corrected chi connectivity index (χ1v) is 5.76. The van der Waals surface area contributed by atoms with Crippen molar-refractivity contribution in [1.29, 1.82) is 0 Å². The number of aromatic carboxylic acids is 1. The van der Waals surface area contributed by atoms with Gasteiger partial charge < -0.3 is 9.84 Å². The maximum atomic E-state index is 11.3. The Morgan fingerprint density at radius 2 is 2.33 bits per heavy atom. The number of carbonyl (C=O) groups is 2. The molecule has 8 heteroatoms. The molecular formula is C10H8BrClN2O4. The van der Waals surface area contributed by atoms with Crippen LogP contribution < -0.4 is 5.32 Å². The molecule has 1 amide bonds. The fraction of sp³-hybridized carbons (Fsp3) is 0.100. The Bertz CT molecular complexity index is 507. The van der Waals surface area contributed by atoms with Crippen molar-refractivity contribution >= 4 is 45.3 Å². The van der Waals surface area contributed by atoms with E-state index in [1.54, 1.807) is 0 Å². The zero-order valence-electron chi connectivity index (χ0n) is 8.94. The lowest BCUT2D eigenvalue weighted by Crippen LogP contribution is -2.17. The number of anilines is 1. The van der Waals surface area contributed by atoms with Gasteiger partial charge in [-0.05, 0) is 22.0 Å². The van der Waals surface area contributed by atoms with Crippen molar-refractivity contribution < 1.29 is 19.4 Å². The van der Waals surface area contributed by atoms with Gasteiger partial charge in [-0.2, -0.15) is 0 Å². The number of hydrogen-bond acceptors (Lipinski definition) is 4. The highest BCUT2D eigenvalue weighted by atomic mass is 79.9. The van der Waals surface area contributed by atoms with Crippen molar-refractivity contribution in [2.45, 2.75) is 0 Å². The smallest absolute Gasteiger partial charge is 0.412 e. The first-order chi connectivity index (χ1) is 8.45. The highest BCUT2D eigenvalue weighted by Crippen LogP contribution is 2.27. The average Bonchev–Trinajstić information content (AvgIpc) is 2.29. The van der Waals surface area contributed by atoms with Crippen molar-refractivity contribution in [2.24, 2.45) is 0 Å². The Balaban J connectivity index is 3.03. The summed E-state index contributed by atoms with van der Waals surface area (Å²) in [6.45, 7) is 3.38. The highest BCUT2D eigenvalue weighted by molar-refractivity contribution is 9.10. The van der Waals surface area contributed by atoms with Crippen molar-refractivity contribution in [3.63, 3.8) is 0 Å². The maximum absolute atomic E-state index is 11.3. The Hall–Kier alpha value is -1.60. The van der Waals surface area contributed by atoms with Gasteiger partial charge in [0.2, 0.25) is 0 Å². The van der Waals surface area contributed by atoms with Crippen molar-refractivity contribution in [3.05, 3.63) is 34.0 Å². The first kappa shape index (κ1) is 14.5. The molecule has 1 rings (SSSR count). The number of pyridine rings is 1. The normalized spacial score (nSPS) is 9.67. The molecule has 0 spiro atoms. The second-order valence-corrected chi connectivity index (χ2v) is 4.11. The lowest BCUT2D eigenvalue weighted by atomic mass is 10.2. The maximum Gasteiger partial charge on any atom is 0.412 e. The largest absolute Gasteiger partial charge is 0.478 e. The molecule has 0 saturated carbocycles. The molecule has 96 valence electrons. The summed E-state index contributed by atoms with van der Waals surface area (Å²) < 4.78 is 4.77. The number of nitrogens with zero attached hydrogens (tertiary/aromatic N) is 1. The summed E-state index contributed by atoms with van der Waals surface area (Å²) in [5.74, 6) is -1.25. The van der Waals surface area contributed by atoms with Gasteiger partial charge in [0, 0.05) is 0 Å². The van der Waals surface area contributed by atoms with Crippen LogP contribution in [0.2, 0.25) is 5.15 Å². The van der Waals surface area contributed by atoms with Crippen LogP contribution in [0.25, 0.3) is 0 Å². The third-order valence-corrected chi connectivity index (χ3v) is 2.50. The molecule has 0 aliphatic heterocycles. The van der Waals surface area contributed by atoms with Crippen molar-refractivity contribution in [3.8, 4) is 0 Å². The van der Waals surface area contributed by atoms with Crippen LogP contribution in [0.3, 0.4) is 0 Å². The van der Waals surface area contributed by atoms with Crippen molar-refractivity contribution in [2.75, 3.05) is 11.9 Å². The van der Waals surface area contributed by atoms with E-state index in [4.69, 9.17) is 16.7 Å². The van der Waals surface area contributed by atoms with E-state index in [2.05, 4.69) is 37.5 Å². The van der Waals surface area contributed by atoms with Gasteiger partial charge in [-0.3, -0.25) is 5.32 Å². The van der Waals surface area contributed by atoms with E-state index in [0.29, 0.717) is 0 Å². The minimum absolute atomic E-state index is 0.00682. The van der Waals surface area contributed by atoms with E-state index in [1.165, 1.54) is 6.08 Å². The molecule has 0 fully saturated rings. The number of aromatic nitrogens is 1. The van der Waals surface area contributed by atoms with Gasteiger partial charge in [0.1, 0.15) is 16.4 Å². The summed E-state index contributed by atoms with van der Waals surface area (Å²) in [5.41, 5.74) is -0.224. The first-order valence-electron chi connectivity index (χ1n) is 4.59. The van der Waals surface area contributed by atoms with E-state index in [9.17, 15) is 9.59 Å². The number of carbonyl (C=O) groups excluding carboxylic acids is 1. The molecular weight excluding hydrogens is 327 g/mol. The number of carboxylic acid groups (broad SMARTS) is 1. The second kappa shape index (κ2) is 6.36. The SMILES string of the molecule is C=CCOC(=O)Nc1c(C(=O)O)cc(Cl)nc1Br. The van der Waals surface area contributed by atoms with Crippen LogP contribution in [-0.2, 0) is 4.74 Å². The molecule has 1 aromatic heterocycles. The minimum atomic E-state index is -1.25. The van der Waals surface area contributed by atoms with Crippen LogP contribution in [0.15, 0.2) is 23.3 Å². The Morgan fingerprint density at radius 3 is 2.89 bits per heavy atom. The third kappa shape index (κ3) is 3.71. The third-order valence-electron chi connectivity index (χ3n) is 1.73. The van der Waals surface area contributed by atoms with Gasteiger partial charge >= 0.3 is 12.1 Å². The average molecular weight is 336 g/mol. The topological polar surface area (TPSA) is 88.5 Å². The zero-order chi connectivity index (χ0) is 13.7. The quantitative estimate of drug-likeness (QED) is 0.652. The van der Waals surface area contributed by atoms with Crippen molar-refractivity contribution in [1.82, 2.24) is 4.98 Å². The van der Waals surface area contributed by atoms with E-state index in [1.807, 2.05) is 0 Å². The van der Waals surface area contributed by atoms with Gasteiger partial charge in [-0.1, -0.05) is 24.3 Å². The molecule has 0 aliphatic carbocycles. The number of ether oxygens (including phenoxy) is 1. The monoisotopic (exact) mass is 334 g/mol. The van der Waals surface area contributed by atoms with E-state index in [0.717, 1.165) is 6.07 Å². The molecule has 0 bridgehead atoms. The molecule has 0 aliphatic rings. The number of rotatable bonds is 4. The van der Waals surface area contributed by atoms with E-state index in [-0.39, 0.29) is 27.6 Å². The molecule has 1 heterocycles.